The summed E-state index contributed by atoms with van der Waals surface area (Å²) in [4.78, 5) is 14.0. The number of hydrogen-bond donors (Lipinski definition) is 0. The molecular weight excluding hydrogens is 316 g/mol. The number of anilines is 1. The molecule has 1 aromatic rings. The van der Waals surface area contributed by atoms with Gasteiger partial charge in [0.25, 0.3) is 5.91 Å². The van der Waals surface area contributed by atoms with Crippen molar-refractivity contribution in [1.82, 2.24) is 4.90 Å². The summed E-state index contributed by atoms with van der Waals surface area (Å²) in [5, 5.41) is 0. The number of carbonyl (C=O) groups excluding carboxylic acids is 1. The van der Waals surface area contributed by atoms with Gasteiger partial charge in [0.1, 0.15) is 5.75 Å². The quantitative estimate of drug-likeness (QED) is 0.818. The van der Waals surface area contributed by atoms with E-state index in [1.165, 1.54) is 17.8 Å². The second-order valence-electron chi connectivity index (χ2n) is 6.10. The first kappa shape index (κ1) is 17.6. The molecule has 0 saturated carbocycles. The summed E-state index contributed by atoms with van der Waals surface area (Å²) >= 11 is 0. The average Bonchev–Trinajstić information content (AvgIpc) is 2.51. The lowest BCUT2D eigenvalue weighted by molar-refractivity contribution is -0.135. The fourth-order valence-corrected chi connectivity index (χ4v) is 3.10. The third kappa shape index (κ3) is 4.86. The molecule has 1 aromatic carbocycles. The average molecular weight is 340 g/mol. The molecule has 6 nitrogen and oxygen atoms in total. The lowest BCUT2D eigenvalue weighted by Gasteiger charge is -2.30. The molecule has 7 heteroatoms. The van der Waals surface area contributed by atoms with Crippen LogP contribution < -0.4 is 9.04 Å². The Balaban J connectivity index is 1.90. The smallest absolute Gasteiger partial charge is 0.260 e. The fourth-order valence-electron chi connectivity index (χ4n) is 2.60. The Morgan fingerprint density at radius 1 is 1.35 bits per heavy atom. The van der Waals surface area contributed by atoms with Crippen molar-refractivity contribution in [1.29, 1.82) is 0 Å². The maximum Gasteiger partial charge on any atom is 0.260 e. The van der Waals surface area contributed by atoms with Gasteiger partial charge in [0.05, 0.1) is 11.9 Å². The maximum atomic E-state index is 12.1. The number of hydrogen-bond acceptors (Lipinski definition) is 4. The molecule has 1 fully saturated rings. The molecule has 0 radical (unpaired) electrons. The molecule has 0 bridgehead atoms. The standard InChI is InChI=1S/C16H24N2O4S/c1-13-5-4-10-18(11-13)16(19)12-22-15-8-6-14(7-9-15)17(2)23(3,20)21/h6-9,13H,4-5,10-12H2,1-3H3/t13-/m1/s1. The first-order chi connectivity index (χ1) is 10.8. The SMILES string of the molecule is C[C@@H]1CCCN(C(=O)COc2ccc(N(C)S(C)(=O)=O)cc2)C1. The minimum Gasteiger partial charge on any atom is -0.484 e. The number of rotatable bonds is 5. The second-order valence-corrected chi connectivity index (χ2v) is 8.11. The van der Waals surface area contributed by atoms with Crippen molar-refractivity contribution in [3.63, 3.8) is 0 Å². The minimum absolute atomic E-state index is 0.00567. The second kappa shape index (κ2) is 7.21. The molecule has 1 heterocycles. The summed E-state index contributed by atoms with van der Waals surface area (Å²) in [6, 6.07) is 6.65. The number of ether oxygens (including phenoxy) is 1. The first-order valence-corrected chi connectivity index (χ1v) is 9.57. The molecule has 0 aromatic heterocycles. The summed E-state index contributed by atoms with van der Waals surface area (Å²) in [5.41, 5.74) is 0.552. The van der Waals surface area contributed by atoms with E-state index < -0.39 is 10.0 Å². The molecule has 23 heavy (non-hydrogen) atoms. The fraction of sp³-hybridized carbons (Fsp3) is 0.562. The van der Waals surface area contributed by atoms with E-state index in [9.17, 15) is 13.2 Å². The zero-order valence-corrected chi connectivity index (χ0v) is 14.7. The van der Waals surface area contributed by atoms with E-state index in [-0.39, 0.29) is 12.5 Å². The minimum atomic E-state index is -3.28. The van der Waals surface area contributed by atoms with Crippen molar-refractivity contribution in [2.24, 2.45) is 5.92 Å². The number of sulfonamides is 1. The molecular formula is C16H24N2O4S. The summed E-state index contributed by atoms with van der Waals surface area (Å²) in [6.07, 6.45) is 3.36. The molecule has 2 rings (SSSR count). The van der Waals surface area contributed by atoms with E-state index >= 15 is 0 Å². The van der Waals surface area contributed by atoms with E-state index in [0.29, 0.717) is 17.4 Å². The summed E-state index contributed by atoms with van der Waals surface area (Å²) < 4.78 is 29.7. The van der Waals surface area contributed by atoms with Crippen LogP contribution in [-0.2, 0) is 14.8 Å². The largest absolute Gasteiger partial charge is 0.484 e. The Hall–Kier alpha value is -1.76. The number of amides is 1. The van der Waals surface area contributed by atoms with Crippen molar-refractivity contribution >= 4 is 21.6 Å². The van der Waals surface area contributed by atoms with Crippen molar-refractivity contribution in [3.05, 3.63) is 24.3 Å². The van der Waals surface area contributed by atoms with E-state index in [4.69, 9.17) is 4.74 Å². The van der Waals surface area contributed by atoms with Gasteiger partial charge in [-0.05, 0) is 43.0 Å². The Morgan fingerprint density at radius 2 is 2.00 bits per heavy atom. The molecule has 1 aliphatic rings. The zero-order chi connectivity index (χ0) is 17.0. The monoisotopic (exact) mass is 340 g/mol. The Kier molecular flexibility index (Phi) is 5.51. The highest BCUT2D eigenvalue weighted by Crippen LogP contribution is 2.20. The Bertz CT molecular complexity index is 643. The van der Waals surface area contributed by atoms with Gasteiger partial charge < -0.3 is 9.64 Å². The van der Waals surface area contributed by atoms with Crippen molar-refractivity contribution < 1.29 is 17.9 Å². The van der Waals surface area contributed by atoms with Crippen LogP contribution in [0.25, 0.3) is 0 Å². The molecule has 0 N–H and O–H groups in total. The van der Waals surface area contributed by atoms with E-state index in [2.05, 4.69) is 6.92 Å². The van der Waals surface area contributed by atoms with Gasteiger partial charge in [-0.25, -0.2) is 8.42 Å². The first-order valence-electron chi connectivity index (χ1n) is 7.72. The van der Waals surface area contributed by atoms with Crippen molar-refractivity contribution in [2.45, 2.75) is 19.8 Å². The van der Waals surface area contributed by atoms with Gasteiger partial charge in [0.2, 0.25) is 10.0 Å². The van der Waals surface area contributed by atoms with Crippen LogP contribution in [0.3, 0.4) is 0 Å². The van der Waals surface area contributed by atoms with Crippen molar-refractivity contribution in [2.75, 3.05) is 37.3 Å². The molecule has 128 valence electrons. The maximum absolute atomic E-state index is 12.1. The van der Waals surface area contributed by atoms with Crippen LogP contribution in [0.2, 0.25) is 0 Å². The molecule has 0 aliphatic carbocycles. The Morgan fingerprint density at radius 3 is 2.57 bits per heavy atom. The molecule has 1 atom stereocenters. The third-order valence-corrected chi connectivity index (χ3v) is 5.28. The van der Waals surface area contributed by atoms with Gasteiger partial charge in [0.15, 0.2) is 6.61 Å². The number of likely N-dealkylation sites (tertiary alicyclic amines) is 1. The van der Waals surface area contributed by atoms with Gasteiger partial charge in [-0.1, -0.05) is 6.92 Å². The zero-order valence-electron chi connectivity index (χ0n) is 13.9. The summed E-state index contributed by atoms with van der Waals surface area (Å²) in [6.45, 7) is 3.75. The highest BCUT2D eigenvalue weighted by molar-refractivity contribution is 7.92. The van der Waals surface area contributed by atoms with Gasteiger partial charge in [-0.15, -0.1) is 0 Å². The van der Waals surface area contributed by atoms with E-state index in [1.807, 2.05) is 4.90 Å². The van der Waals surface area contributed by atoms with Crippen molar-refractivity contribution in [3.8, 4) is 5.75 Å². The van der Waals surface area contributed by atoms with Gasteiger partial charge >= 0.3 is 0 Å². The highest BCUT2D eigenvalue weighted by atomic mass is 32.2. The van der Waals surface area contributed by atoms with Crippen LogP contribution in [0.5, 0.6) is 5.75 Å². The molecule has 1 aliphatic heterocycles. The van der Waals surface area contributed by atoms with E-state index in [1.54, 1.807) is 24.3 Å². The van der Waals surface area contributed by atoms with Crippen LogP contribution in [0.1, 0.15) is 19.8 Å². The third-order valence-electron chi connectivity index (χ3n) is 4.07. The molecule has 0 spiro atoms. The molecule has 1 amide bonds. The number of nitrogens with zero attached hydrogens (tertiary/aromatic N) is 2. The van der Waals surface area contributed by atoms with Crippen LogP contribution in [0, 0.1) is 5.92 Å². The number of piperidine rings is 1. The van der Waals surface area contributed by atoms with Gasteiger partial charge in [-0.2, -0.15) is 0 Å². The van der Waals surface area contributed by atoms with Crippen LogP contribution in [-0.4, -0.2) is 52.2 Å². The Labute approximate surface area is 138 Å². The normalized spacial score (nSPS) is 18.6. The lowest BCUT2D eigenvalue weighted by atomic mass is 10.0. The predicted molar refractivity (Wildman–Crippen MR) is 90.2 cm³/mol. The number of benzene rings is 1. The predicted octanol–water partition coefficient (Wildman–Crippen LogP) is 1.72. The van der Waals surface area contributed by atoms with Crippen LogP contribution in [0.4, 0.5) is 5.69 Å². The lowest BCUT2D eigenvalue weighted by Crippen LogP contribution is -2.41. The highest BCUT2D eigenvalue weighted by Gasteiger charge is 2.21. The van der Waals surface area contributed by atoms with Gasteiger partial charge in [-0.3, -0.25) is 9.10 Å². The molecule has 1 saturated heterocycles. The van der Waals surface area contributed by atoms with Gasteiger partial charge in [0, 0.05) is 20.1 Å². The van der Waals surface area contributed by atoms with Crippen LogP contribution >= 0.6 is 0 Å². The summed E-state index contributed by atoms with van der Waals surface area (Å²) in [5.74, 6) is 1.08. The van der Waals surface area contributed by atoms with Crippen LogP contribution in [0.15, 0.2) is 24.3 Å². The van der Waals surface area contributed by atoms with E-state index in [0.717, 1.165) is 25.8 Å². The summed E-state index contributed by atoms with van der Waals surface area (Å²) in [7, 11) is -1.79. The molecule has 0 unspecified atom stereocenters. The topological polar surface area (TPSA) is 66.9 Å². The number of carbonyl (C=O) groups is 1.